The summed E-state index contributed by atoms with van der Waals surface area (Å²) >= 11 is 0. The molecule has 0 aliphatic rings. The van der Waals surface area contributed by atoms with Crippen LogP contribution < -0.4 is 0 Å². The van der Waals surface area contributed by atoms with Crippen LogP contribution in [0.4, 0.5) is 0 Å². The van der Waals surface area contributed by atoms with E-state index in [4.69, 9.17) is 0 Å². The van der Waals surface area contributed by atoms with Gasteiger partial charge in [0.15, 0.2) is 0 Å². The molecular formula is Ba2Ca2Cu2O9Y2. The standard InChI is InChI=1S/2Ba.2Ca.2Cu.9O.2Y/q6*+2;9*-2;2*+3. The van der Waals surface area contributed by atoms with Crippen molar-refractivity contribution in [2.45, 2.75) is 0 Å². The summed E-state index contributed by atoms with van der Waals surface area (Å²) in [5, 5.41) is 0. The molecule has 0 aliphatic carbocycles. The Kier molecular flexibility index (Phi) is 2310. The van der Waals surface area contributed by atoms with Gasteiger partial charge >= 0.3 is 273 Å². The molecule has 0 atom stereocenters. The van der Waals surface area contributed by atoms with Gasteiger partial charge in [-0.3, -0.25) is 0 Å². The minimum Gasteiger partial charge on any atom is -2.00 e. The van der Waals surface area contributed by atoms with Crippen molar-refractivity contribution in [1.82, 2.24) is 0 Å². The average Bonchev–Trinajstić information content (AvgIpc) is 0. The molecule has 0 heterocycles. The molecule has 0 fully saturated rings. The van der Waals surface area contributed by atoms with Gasteiger partial charge in [0, 0.05) is 0 Å². The van der Waals surface area contributed by atoms with Gasteiger partial charge in [0.2, 0.25) is 0 Å². The molecule has 0 aromatic carbocycles. The Balaban J connectivity index is 0. The molecule has 0 aromatic heterocycles. The normalized spacial score (nSPS) is 0. The molecule has 0 bridgehead atoms. The monoisotopic (exact) mass is 803 g/mol. The number of hydrogen-bond donors (Lipinski definition) is 0. The summed E-state index contributed by atoms with van der Waals surface area (Å²) < 4.78 is 0. The second-order valence-corrected chi connectivity index (χ2v) is 0. The van der Waals surface area contributed by atoms with Crippen molar-refractivity contribution in [2.24, 2.45) is 0 Å². The van der Waals surface area contributed by atoms with E-state index in [9.17, 15) is 0 Å². The first-order valence-corrected chi connectivity index (χ1v) is 0. The van der Waals surface area contributed by atoms with Gasteiger partial charge < -0.3 is 49.3 Å². The fraction of sp³-hybridized carbons (Fsp3) is 0. The molecule has 0 aliphatic heterocycles. The quantitative estimate of drug-likeness (QED) is 0.229. The zero-order chi connectivity index (χ0) is 0. The Morgan fingerprint density at radius 3 is 0.294 bits per heavy atom. The summed E-state index contributed by atoms with van der Waals surface area (Å²) in [5.74, 6) is 0. The molecule has 0 aromatic rings. The predicted octanol–water partition coefficient (Wildman–Crippen LogP) is -2.60. The minimum atomic E-state index is 0. The van der Waals surface area contributed by atoms with E-state index in [0.29, 0.717) is 0 Å². The molecule has 0 unspecified atom stereocenters. The van der Waals surface area contributed by atoms with Gasteiger partial charge in [0.25, 0.3) is 0 Å². The summed E-state index contributed by atoms with van der Waals surface area (Å²) in [6.45, 7) is 0. The first-order chi connectivity index (χ1) is 0. The summed E-state index contributed by atoms with van der Waals surface area (Å²) in [6.07, 6.45) is 0. The van der Waals surface area contributed by atoms with Crippen LogP contribution in [0.25, 0.3) is 0 Å². The van der Waals surface area contributed by atoms with Gasteiger partial charge in [-0.1, -0.05) is 0 Å². The van der Waals surface area contributed by atoms with Gasteiger partial charge in [-0.15, -0.1) is 0 Å². The van der Waals surface area contributed by atoms with E-state index >= 15 is 0 Å². The molecule has 0 saturated carbocycles. The Hall–Kier alpha value is 8.55. The van der Waals surface area contributed by atoms with Crippen molar-refractivity contribution in [3.8, 4) is 0 Å². The van der Waals surface area contributed by atoms with E-state index in [0.717, 1.165) is 0 Å². The fourth-order valence-corrected chi connectivity index (χ4v) is 0. The summed E-state index contributed by atoms with van der Waals surface area (Å²) in [7, 11) is 0. The average molecular weight is 804 g/mol. The van der Waals surface area contributed by atoms with Crippen molar-refractivity contribution in [1.29, 1.82) is 0 Å². The van der Waals surface area contributed by atoms with E-state index < -0.39 is 0 Å². The van der Waals surface area contributed by atoms with Crippen LogP contribution in [-0.2, 0) is 149 Å². The summed E-state index contributed by atoms with van der Waals surface area (Å²) in [6, 6.07) is 0. The summed E-state index contributed by atoms with van der Waals surface area (Å²) in [4.78, 5) is 0. The van der Waals surface area contributed by atoms with Crippen LogP contribution >= 0.6 is 0 Å². The van der Waals surface area contributed by atoms with Crippen molar-refractivity contribution in [3.63, 3.8) is 0 Å². The van der Waals surface area contributed by atoms with E-state index in [1.165, 1.54) is 0 Å². The van der Waals surface area contributed by atoms with E-state index in [1.807, 2.05) is 0 Å². The molecule has 9 nitrogen and oxygen atoms in total. The zero-order valence-corrected chi connectivity index (χ0v) is 29.1. The van der Waals surface area contributed by atoms with Crippen LogP contribution in [-0.4, -0.2) is 173 Å². The van der Waals surface area contributed by atoms with E-state index in [2.05, 4.69) is 0 Å². The second-order valence-electron chi connectivity index (χ2n) is 0. The fourth-order valence-electron chi connectivity index (χ4n) is 0. The maximum Gasteiger partial charge on any atom is 3.00 e. The minimum absolute atomic E-state index is 0. The Labute approximate surface area is 312 Å². The molecule has 0 N–H and O–H groups in total. The smallest absolute Gasteiger partial charge is 2.00 e. The first kappa shape index (κ1) is 211. The van der Waals surface area contributed by atoms with Crippen molar-refractivity contribution in [3.05, 3.63) is 0 Å². The predicted molar refractivity (Wildman–Crippen MR) is 29.2 cm³/mol. The van der Waals surface area contributed by atoms with Crippen LogP contribution in [0.15, 0.2) is 0 Å². The van der Waals surface area contributed by atoms with Crippen LogP contribution in [0.5, 0.6) is 0 Å². The maximum absolute atomic E-state index is 0. The molecule has 0 amide bonds. The van der Waals surface area contributed by atoms with Gasteiger partial charge in [0.1, 0.15) is 0 Å². The molecule has 90 valence electrons. The SMILES string of the molecule is [Ba+2].[Ba+2].[Ca+2].[Ca+2].[Cu+2].[Cu+2].[O-2].[O-2].[O-2].[O-2].[O-2].[O-2].[O-2].[O-2].[O-2].[Y+3].[Y+3]. The van der Waals surface area contributed by atoms with E-state index in [1.54, 1.807) is 0 Å². The second kappa shape index (κ2) is 186. The molecule has 17 heavy (non-hydrogen) atoms. The molecule has 0 saturated heterocycles. The topological polar surface area (TPSA) is 256 Å². The molecule has 2 radical (unpaired) electrons. The number of hydrogen-bond acceptors (Lipinski definition) is 0. The van der Waals surface area contributed by atoms with Crippen molar-refractivity contribution in [2.75, 3.05) is 0 Å². The maximum atomic E-state index is 0. The van der Waals surface area contributed by atoms with Gasteiger partial charge in [0.05, 0.1) is 0 Å². The molecule has 0 spiro atoms. The van der Waals surface area contributed by atoms with Crippen molar-refractivity contribution < 1.29 is 149 Å². The Bertz CT molecular complexity index is 33.0. The molecule has 17 heteroatoms. The molecule has 0 rings (SSSR count). The molecular weight excluding hydrogens is 804 g/mol. The van der Waals surface area contributed by atoms with Crippen LogP contribution in [0.2, 0.25) is 0 Å². The van der Waals surface area contributed by atoms with Gasteiger partial charge in [-0.25, -0.2) is 0 Å². The van der Waals surface area contributed by atoms with Crippen LogP contribution in [0.3, 0.4) is 0 Å². The first-order valence-electron chi connectivity index (χ1n) is 0. The van der Waals surface area contributed by atoms with Gasteiger partial charge in [-0.2, -0.15) is 0 Å². The zero-order valence-electron chi connectivity index (χ0n) is 8.26. The Morgan fingerprint density at radius 1 is 0.294 bits per heavy atom. The van der Waals surface area contributed by atoms with Crippen LogP contribution in [0, 0.1) is 0 Å². The van der Waals surface area contributed by atoms with E-state index in [-0.39, 0.29) is 322 Å². The Morgan fingerprint density at radius 2 is 0.294 bits per heavy atom. The van der Waals surface area contributed by atoms with Crippen LogP contribution in [0.1, 0.15) is 0 Å². The summed E-state index contributed by atoms with van der Waals surface area (Å²) in [5.41, 5.74) is 0. The third kappa shape index (κ3) is 171. The van der Waals surface area contributed by atoms with Crippen molar-refractivity contribution >= 4 is 173 Å². The van der Waals surface area contributed by atoms with Gasteiger partial charge in [-0.05, 0) is 0 Å². The third-order valence-electron chi connectivity index (χ3n) is 0. The third-order valence-corrected chi connectivity index (χ3v) is 0. The largest absolute Gasteiger partial charge is 3.00 e. The number of rotatable bonds is 0.